The molecule has 3 rings (SSSR count). The van der Waals surface area contributed by atoms with E-state index in [0.717, 1.165) is 26.6 Å². The third-order valence-corrected chi connectivity index (χ3v) is 4.49. The molecule has 0 spiro atoms. The Labute approximate surface area is 131 Å². The van der Waals surface area contributed by atoms with Crippen LogP contribution in [-0.2, 0) is 0 Å². The Morgan fingerprint density at radius 3 is 2.52 bits per heavy atom. The van der Waals surface area contributed by atoms with Crippen molar-refractivity contribution in [1.29, 1.82) is 0 Å². The average Bonchev–Trinajstić information content (AvgIpc) is 2.93. The fraction of sp³-hybridized carbons (Fsp3) is 0.176. The van der Waals surface area contributed by atoms with Crippen LogP contribution < -0.4 is 5.73 Å². The average molecular weight is 346 g/mol. The Morgan fingerprint density at radius 1 is 1.05 bits per heavy atom. The van der Waals surface area contributed by atoms with Gasteiger partial charge >= 0.3 is 0 Å². The number of aliphatic hydroxyl groups excluding tert-OH is 1. The zero-order valence-electron chi connectivity index (χ0n) is 11.4. The van der Waals surface area contributed by atoms with Crippen LogP contribution in [0.3, 0.4) is 0 Å². The summed E-state index contributed by atoms with van der Waals surface area (Å²) in [6.07, 6.45) is 0.909. The minimum absolute atomic E-state index is 0.193. The maximum Gasteiger partial charge on any atom is 0.134 e. The third kappa shape index (κ3) is 2.62. The van der Waals surface area contributed by atoms with Gasteiger partial charge in [0.05, 0.1) is 12.4 Å². The molecule has 0 aliphatic carbocycles. The molecule has 2 atom stereocenters. The highest BCUT2D eigenvalue weighted by Crippen LogP contribution is 2.37. The summed E-state index contributed by atoms with van der Waals surface area (Å²) < 4.78 is 6.47. The van der Waals surface area contributed by atoms with Crippen LogP contribution >= 0.6 is 15.9 Å². The van der Waals surface area contributed by atoms with E-state index in [1.807, 2.05) is 48.5 Å². The van der Waals surface area contributed by atoms with E-state index in [1.54, 1.807) is 6.26 Å². The van der Waals surface area contributed by atoms with Crippen LogP contribution in [0.1, 0.15) is 23.1 Å². The molecule has 1 aromatic heterocycles. The normalized spacial score (nSPS) is 14.2. The quantitative estimate of drug-likeness (QED) is 0.751. The molecule has 108 valence electrons. The van der Waals surface area contributed by atoms with Crippen molar-refractivity contribution >= 4 is 26.9 Å². The summed E-state index contributed by atoms with van der Waals surface area (Å²) in [6, 6.07) is 15.5. The highest BCUT2D eigenvalue weighted by Gasteiger charge is 2.26. The van der Waals surface area contributed by atoms with Crippen molar-refractivity contribution in [3.05, 3.63) is 70.4 Å². The first-order valence-electron chi connectivity index (χ1n) is 6.81. The van der Waals surface area contributed by atoms with E-state index in [4.69, 9.17) is 10.2 Å². The maximum atomic E-state index is 10.8. The number of halogens is 1. The molecule has 0 saturated carbocycles. The Kier molecular flexibility index (Phi) is 4.10. The van der Waals surface area contributed by atoms with Gasteiger partial charge in [0.1, 0.15) is 5.58 Å². The molecular formula is C17H16BrNO2. The number of fused-ring (bicyclic) bond motifs is 1. The highest BCUT2D eigenvalue weighted by atomic mass is 79.9. The fourth-order valence-electron chi connectivity index (χ4n) is 2.65. The van der Waals surface area contributed by atoms with Crippen molar-refractivity contribution in [2.75, 3.05) is 6.54 Å². The van der Waals surface area contributed by atoms with Gasteiger partial charge < -0.3 is 15.3 Å². The summed E-state index contributed by atoms with van der Waals surface area (Å²) in [5, 5.41) is 11.7. The summed E-state index contributed by atoms with van der Waals surface area (Å²) >= 11 is 3.53. The summed E-state index contributed by atoms with van der Waals surface area (Å²) in [6.45, 7) is 0.350. The first kappa shape index (κ1) is 14.3. The van der Waals surface area contributed by atoms with Gasteiger partial charge in [-0.25, -0.2) is 0 Å². The number of para-hydroxylation sites is 1. The van der Waals surface area contributed by atoms with E-state index in [1.165, 1.54) is 0 Å². The van der Waals surface area contributed by atoms with E-state index < -0.39 is 6.10 Å². The topological polar surface area (TPSA) is 59.4 Å². The van der Waals surface area contributed by atoms with Gasteiger partial charge in [-0.3, -0.25) is 0 Å². The van der Waals surface area contributed by atoms with Gasteiger partial charge in [-0.05, 0) is 17.7 Å². The third-order valence-electron chi connectivity index (χ3n) is 3.77. The number of furan rings is 1. The lowest BCUT2D eigenvalue weighted by Crippen LogP contribution is -2.20. The molecule has 0 aliphatic rings. The predicted octanol–water partition coefficient (Wildman–Crippen LogP) is 3.97. The number of hydrogen-bond acceptors (Lipinski definition) is 3. The number of hydrogen-bond donors (Lipinski definition) is 2. The van der Waals surface area contributed by atoms with E-state index in [2.05, 4.69) is 15.9 Å². The molecule has 3 N–H and O–H groups in total. The Balaban J connectivity index is 2.03. The molecule has 3 aromatic rings. The van der Waals surface area contributed by atoms with Crippen molar-refractivity contribution in [3.8, 4) is 0 Å². The highest BCUT2D eigenvalue weighted by molar-refractivity contribution is 9.10. The molecule has 1 heterocycles. The van der Waals surface area contributed by atoms with Crippen LogP contribution in [0, 0.1) is 0 Å². The summed E-state index contributed by atoms with van der Waals surface area (Å²) in [4.78, 5) is 0. The summed E-state index contributed by atoms with van der Waals surface area (Å²) in [5.41, 5.74) is 8.46. The molecule has 0 fully saturated rings. The lowest BCUT2D eigenvalue weighted by molar-refractivity contribution is 0.147. The second-order valence-electron chi connectivity index (χ2n) is 5.00. The molecular weight excluding hydrogens is 330 g/mol. The largest absolute Gasteiger partial charge is 0.464 e. The second kappa shape index (κ2) is 6.02. The molecule has 0 saturated heterocycles. The van der Waals surface area contributed by atoms with Crippen molar-refractivity contribution in [3.63, 3.8) is 0 Å². The fourth-order valence-corrected chi connectivity index (χ4v) is 3.22. The molecule has 3 nitrogen and oxygen atoms in total. The number of aliphatic hydroxyl groups is 1. The van der Waals surface area contributed by atoms with E-state index in [-0.39, 0.29) is 5.92 Å². The van der Waals surface area contributed by atoms with Gasteiger partial charge in [-0.1, -0.05) is 52.3 Å². The Bertz CT molecular complexity index is 753. The van der Waals surface area contributed by atoms with Crippen LogP contribution in [0.2, 0.25) is 0 Å². The smallest absolute Gasteiger partial charge is 0.134 e. The van der Waals surface area contributed by atoms with Crippen LogP contribution in [0.4, 0.5) is 0 Å². The van der Waals surface area contributed by atoms with Gasteiger partial charge in [0.25, 0.3) is 0 Å². The zero-order chi connectivity index (χ0) is 14.8. The zero-order valence-corrected chi connectivity index (χ0v) is 13.0. The first-order valence-corrected chi connectivity index (χ1v) is 7.60. The van der Waals surface area contributed by atoms with Crippen LogP contribution in [0.25, 0.3) is 11.0 Å². The minimum atomic E-state index is -0.711. The van der Waals surface area contributed by atoms with Gasteiger partial charge in [-0.15, -0.1) is 0 Å². The first-order chi connectivity index (χ1) is 10.2. The molecule has 0 radical (unpaired) electrons. The Hall–Kier alpha value is -1.62. The van der Waals surface area contributed by atoms with Gasteiger partial charge in [-0.2, -0.15) is 0 Å². The lowest BCUT2D eigenvalue weighted by atomic mass is 9.89. The van der Waals surface area contributed by atoms with Crippen molar-refractivity contribution in [2.24, 2.45) is 5.73 Å². The standard InChI is InChI=1S/C17H16BrNO2/c18-15-7-3-1-5-11(15)13(9-19)17(20)14-10-21-16-8-4-2-6-12(14)16/h1-8,10,13,17,20H,9,19H2. The molecule has 4 heteroatoms. The molecule has 21 heavy (non-hydrogen) atoms. The van der Waals surface area contributed by atoms with Crippen LogP contribution in [0.5, 0.6) is 0 Å². The second-order valence-corrected chi connectivity index (χ2v) is 5.85. The van der Waals surface area contributed by atoms with Gasteiger partial charge in [0.2, 0.25) is 0 Å². The van der Waals surface area contributed by atoms with Crippen molar-refractivity contribution < 1.29 is 9.52 Å². The predicted molar refractivity (Wildman–Crippen MR) is 87.1 cm³/mol. The lowest BCUT2D eigenvalue weighted by Gasteiger charge is -2.22. The van der Waals surface area contributed by atoms with E-state index >= 15 is 0 Å². The molecule has 0 bridgehead atoms. The molecule has 2 unspecified atom stereocenters. The van der Waals surface area contributed by atoms with E-state index in [9.17, 15) is 5.11 Å². The maximum absolute atomic E-state index is 10.8. The van der Waals surface area contributed by atoms with E-state index in [0.29, 0.717) is 6.54 Å². The summed E-state index contributed by atoms with van der Waals surface area (Å²) in [5.74, 6) is -0.193. The number of nitrogens with two attached hydrogens (primary N) is 1. The summed E-state index contributed by atoms with van der Waals surface area (Å²) in [7, 11) is 0. The molecule has 0 amide bonds. The minimum Gasteiger partial charge on any atom is -0.464 e. The molecule has 0 aliphatic heterocycles. The van der Waals surface area contributed by atoms with Crippen LogP contribution in [-0.4, -0.2) is 11.7 Å². The number of benzene rings is 2. The van der Waals surface area contributed by atoms with Gasteiger partial charge in [0, 0.05) is 27.9 Å². The monoisotopic (exact) mass is 345 g/mol. The Morgan fingerprint density at radius 2 is 1.76 bits per heavy atom. The van der Waals surface area contributed by atoms with Gasteiger partial charge in [0.15, 0.2) is 0 Å². The number of rotatable bonds is 4. The SMILES string of the molecule is NCC(c1ccccc1Br)C(O)c1coc2ccccc12. The molecule has 2 aromatic carbocycles. The van der Waals surface area contributed by atoms with Crippen molar-refractivity contribution in [1.82, 2.24) is 0 Å². The van der Waals surface area contributed by atoms with Crippen LogP contribution in [0.15, 0.2) is 63.7 Å². The van der Waals surface area contributed by atoms with Crippen molar-refractivity contribution in [2.45, 2.75) is 12.0 Å².